The number of nitrogens with one attached hydrogen (secondary N) is 2. The molecule has 9 rings (SSSR count). The molecule has 0 spiro atoms. The molecule has 0 saturated carbocycles. The van der Waals surface area contributed by atoms with E-state index in [1.165, 1.54) is 14.2 Å². The van der Waals surface area contributed by atoms with Gasteiger partial charge in [0.1, 0.15) is 0 Å². The van der Waals surface area contributed by atoms with Gasteiger partial charge in [0.25, 0.3) is 0 Å². The number of aryl methyl sites for hydroxylation is 2. The Hall–Kier alpha value is -7.60. The summed E-state index contributed by atoms with van der Waals surface area (Å²) in [7, 11) is 6.65. The van der Waals surface area contributed by atoms with Gasteiger partial charge < -0.3 is 28.6 Å². The van der Waals surface area contributed by atoms with Crippen molar-refractivity contribution in [3.8, 4) is 44.8 Å². The number of benzene rings is 2. The number of rotatable bonds is 6. The molecule has 0 saturated heterocycles. The van der Waals surface area contributed by atoms with Crippen LogP contribution in [0.25, 0.3) is 91.1 Å². The van der Waals surface area contributed by atoms with Gasteiger partial charge in [-0.1, -0.05) is 24.3 Å². The SMILES string of the molecule is COC(=O)c1ccc(-c2c3nc(c(-c4cncn4C)c4ccc([nH]4)c(-c4ccc(C(=O)OC)cc4)c4nc(c(-c5cncn5C)c5ccc2[nH]5)C=C4)C=C3)cc1. The number of hydrogen-bond acceptors (Lipinski definition) is 8. The molecule has 12 heteroatoms. The van der Waals surface area contributed by atoms with Gasteiger partial charge in [-0.3, -0.25) is 0 Å². The lowest BCUT2D eigenvalue weighted by Gasteiger charge is -2.08. The van der Waals surface area contributed by atoms with Crippen LogP contribution in [0.2, 0.25) is 0 Å². The lowest BCUT2D eigenvalue weighted by atomic mass is 10.0. The van der Waals surface area contributed by atoms with Crippen molar-refractivity contribution < 1.29 is 19.1 Å². The Kier molecular flexibility index (Phi) is 8.35. The molecule has 2 aromatic carbocycles. The predicted octanol–water partition coefficient (Wildman–Crippen LogP) is 8.36. The van der Waals surface area contributed by atoms with Crippen molar-refractivity contribution >= 4 is 58.3 Å². The molecule has 8 bridgehead atoms. The molecular formula is C44H34N8O4. The third-order valence-electron chi connectivity index (χ3n) is 10.1. The van der Waals surface area contributed by atoms with Gasteiger partial charge in [0.2, 0.25) is 0 Å². The van der Waals surface area contributed by atoms with Crippen molar-refractivity contribution in [3.05, 3.63) is 132 Å². The maximum atomic E-state index is 12.4. The number of aromatic nitrogens is 8. The number of H-pyrrole nitrogens is 2. The van der Waals surface area contributed by atoms with Crippen molar-refractivity contribution in [1.29, 1.82) is 0 Å². The minimum Gasteiger partial charge on any atom is -0.465 e. The fourth-order valence-electron chi connectivity index (χ4n) is 7.33. The molecule has 56 heavy (non-hydrogen) atoms. The van der Waals surface area contributed by atoms with Gasteiger partial charge in [-0.25, -0.2) is 29.5 Å². The van der Waals surface area contributed by atoms with Crippen molar-refractivity contribution in [3.63, 3.8) is 0 Å². The highest BCUT2D eigenvalue weighted by Crippen LogP contribution is 2.38. The van der Waals surface area contributed by atoms with Crippen molar-refractivity contribution in [1.82, 2.24) is 39.0 Å². The first-order valence-corrected chi connectivity index (χ1v) is 17.8. The summed E-state index contributed by atoms with van der Waals surface area (Å²) in [5.41, 5.74) is 13.9. The van der Waals surface area contributed by atoms with Crippen LogP contribution < -0.4 is 0 Å². The fourth-order valence-corrected chi connectivity index (χ4v) is 7.33. The van der Waals surface area contributed by atoms with Crippen LogP contribution in [-0.4, -0.2) is 65.2 Å². The molecule has 274 valence electrons. The summed E-state index contributed by atoms with van der Waals surface area (Å²) >= 11 is 0. The van der Waals surface area contributed by atoms with E-state index in [-0.39, 0.29) is 0 Å². The molecule has 7 aromatic rings. The lowest BCUT2D eigenvalue weighted by molar-refractivity contribution is 0.0592. The topological polar surface area (TPSA) is 146 Å². The van der Waals surface area contributed by atoms with Gasteiger partial charge in [-0.2, -0.15) is 0 Å². The smallest absolute Gasteiger partial charge is 0.337 e. The highest BCUT2D eigenvalue weighted by atomic mass is 16.5. The molecule has 0 unspecified atom stereocenters. The molecule has 12 nitrogen and oxygen atoms in total. The third-order valence-corrected chi connectivity index (χ3v) is 10.1. The van der Waals surface area contributed by atoms with Crippen molar-refractivity contribution in [2.24, 2.45) is 14.1 Å². The summed E-state index contributed by atoms with van der Waals surface area (Å²) in [6.07, 6.45) is 15.2. The van der Waals surface area contributed by atoms with Gasteiger partial charge in [0.05, 0.1) is 95.6 Å². The van der Waals surface area contributed by atoms with Crippen LogP contribution in [0.4, 0.5) is 0 Å². The van der Waals surface area contributed by atoms with Crippen LogP contribution in [0.5, 0.6) is 0 Å². The average molecular weight is 739 g/mol. The zero-order valence-corrected chi connectivity index (χ0v) is 30.9. The normalized spacial score (nSPS) is 11.9. The third kappa shape index (κ3) is 5.80. The molecule has 7 heterocycles. The summed E-state index contributed by atoms with van der Waals surface area (Å²) < 4.78 is 13.9. The fraction of sp³-hybridized carbons (Fsp3) is 0.0909. The molecule has 0 atom stereocenters. The zero-order valence-electron chi connectivity index (χ0n) is 30.9. The summed E-state index contributed by atoms with van der Waals surface area (Å²) in [5, 5.41) is 0. The van der Waals surface area contributed by atoms with E-state index in [1.54, 1.807) is 36.9 Å². The average Bonchev–Trinajstić information content (AvgIpc) is 4.09. The van der Waals surface area contributed by atoms with E-state index in [2.05, 4.69) is 19.9 Å². The quantitative estimate of drug-likeness (QED) is 0.162. The molecule has 0 amide bonds. The van der Waals surface area contributed by atoms with E-state index in [0.717, 1.165) is 89.6 Å². The predicted molar refractivity (Wildman–Crippen MR) is 217 cm³/mol. The molecule has 0 fully saturated rings. The van der Waals surface area contributed by atoms with E-state index in [4.69, 9.17) is 19.4 Å². The molecular weight excluding hydrogens is 705 g/mol. The Morgan fingerprint density at radius 1 is 0.500 bits per heavy atom. The number of hydrogen-bond donors (Lipinski definition) is 2. The Bertz CT molecular complexity index is 2740. The largest absolute Gasteiger partial charge is 0.465 e. The van der Waals surface area contributed by atoms with E-state index in [9.17, 15) is 9.59 Å². The Morgan fingerprint density at radius 2 is 0.839 bits per heavy atom. The zero-order chi connectivity index (χ0) is 38.5. The van der Waals surface area contributed by atoms with Crippen LogP contribution in [0, 0.1) is 0 Å². The Balaban J connectivity index is 1.43. The maximum absolute atomic E-state index is 12.4. The van der Waals surface area contributed by atoms with Gasteiger partial charge >= 0.3 is 11.9 Å². The number of ether oxygens (including phenoxy) is 2. The van der Waals surface area contributed by atoms with Crippen LogP contribution >= 0.6 is 0 Å². The van der Waals surface area contributed by atoms with Crippen LogP contribution in [0.15, 0.2) is 97.8 Å². The molecule has 2 N–H and O–H groups in total. The maximum Gasteiger partial charge on any atom is 0.337 e. The first-order valence-electron chi connectivity index (χ1n) is 17.8. The number of esters is 2. The van der Waals surface area contributed by atoms with E-state index < -0.39 is 11.9 Å². The minimum atomic E-state index is -0.410. The number of aromatic amines is 2. The van der Waals surface area contributed by atoms with Gasteiger partial charge in [0, 0.05) is 47.4 Å². The molecule has 2 aliphatic heterocycles. The summed E-state index contributed by atoms with van der Waals surface area (Å²) in [5.74, 6) is -0.821. The monoisotopic (exact) mass is 738 g/mol. The Morgan fingerprint density at radius 3 is 1.16 bits per heavy atom. The summed E-state index contributed by atoms with van der Waals surface area (Å²) in [6, 6.07) is 22.8. The number of fused-ring (bicyclic) bond motifs is 8. The molecule has 2 aliphatic rings. The number of imidazole rings is 2. The Labute approximate surface area is 320 Å². The van der Waals surface area contributed by atoms with Crippen molar-refractivity contribution in [2.75, 3.05) is 14.2 Å². The second kappa shape index (κ2) is 13.7. The first-order chi connectivity index (χ1) is 27.3. The number of carbonyl (C=O) groups is 2. The molecule has 0 radical (unpaired) electrons. The first kappa shape index (κ1) is 34.2. The molecule has 5 aromatic heterocycles. The highest BCUT2D eigenvalue weighted by Gasteiger charge is 2.21. The van der Waals surface area contributed by atoms with E-state index >= 15 is 0 Å². The highest BCUT2D eigenvalue weighted by molar-refractivity contribution is 6.00. The van der Waals surface area contributed by atoms with Crippen LogP contribution in [0.3, 0.4) is 0 Å². The summed E-state index contributed by atoms with van der Waals surface area (Å²) in [4.78, 5) is 51.7. The van der Waals surface area contributed by atoms with Gasteiger partial charge in [-0.15, -0.1) is 0 Å². The van der Waals surface area contributed by atoms with Crippen LogP contribution in [-0.2, 0) is 23.6 Å². The van der Waals surface area contributed by atoms with Gasteiger partial charge in [0.15, 0.2) is 0 Å². The van der Waals surface area contributed by atoms with E-state index in [0.29, 0.717) is 11.1 Å². The van der Waals surface area contributed by atoms with Crippen molar-refractivity contribution in [2.45, 2.75) is 0 Å². The number of methoxy groups -OCH3 is 2. The van der Waals surface area contributed by atoms with Gasteiger partial charge in [-0.05, 0) is 84.0 Å². The van der Waals surface area contributed by atoms with E-state index in [1.807, 2.05) is 108 Å². The standard InChI is InChI=1S/C44H34N8O4/c1-51-23-45-21-37(51)41-33-17-13-29(47-33)39(25-5-9-27(10-6-25)43(53)55-3)31-15-19-35(49-31)42(38-22-46-24-52(38)2)36-20-16-32(50-36)40(30-14-18-34(41)48-30)26-7-11-28(12-8-26)44(54)56-4/h5-24,47,50H,1-4H3. The lowest BCUT2D eigenvalue weighted by Crippen LogP contribution is -2.00. The summed E-state index contributed by atoms with van der Waals surface area (Å²) in [6.45, 7) is 0. The minimum absolute atomic E-state index is 0.410. The molecule has 0 aliphatic carbocycles. The number of nitrogens with zero attached hydrogens (tertiary/aromatic N) is 6. The number of carbonyl (C=O) groups excluding carboxylic acids is 2. The second-order valence-electron chi connectivity index (χ2n) is 13.4. The van der Waals surface area contributed by atoms with Crippen LogP contribution in [0.1, 0.15) is 43.5 Å². The second-order valence-corrected chi connectivity index (χ2v) is 13.4.